The molecule has 1 N–H and O–H groups in total. The summed E-state index contributed by atoms with van der Waals surface area (Å²) < 4.78 is 12.7. The topological polar surface area (TPSA) is 89.7 Å². The van der Waals surface area contributed by atoms with Crippen LogP contribution in [0.5, 0.6) is 5.75 Å². The highest BCUT2D eigenvalue weighted by Gasteiger charge is 2.10. The summed E-state index contributed by atoms with van der Waals surface area (Å²) in [5.41, 5.74) is 1.20. The van der Waals surface area contributed by atoms with Gasteiger partial charge in [0.05, 0.1) is 37.2 Å². The van der Waals surface area contributed by atoms with E-state index in [4.69, 9.17) is 14.6 Å². The average molecular weight is 332 g/mol. The second-order valence-corrected chi connectivity index (χ2v) is 5.52. The number of nitrogens with zero attached hydrogens (tertiary/aromatic N) is 4. The van der Waals surface area contributed by atoms with Gasteiger partial charge in [0, 0.05) is 25.7 Å². The Hall–Kier alpha value is -2.45. The monoisotopic (exact) mass is 332 g/mol. The summed E-state index contributed by atoms with van der Waals surface area (Å²) in [6.07, 6.45) is 1.47. The minimum absolute atomic E-state index is 0.143. The normalized spacial score (nSPS) is 15.3. The summed E-state index contributed by atoms with van der Waals surface area (Å²) >= 11 is 0. The molecule has 1 aliphatic rings. The first kappa shape index (κ1) is 16.4. The van der Waals surface area contributed by atoms with Gasteiger partial charge < -0.3 is 14.6 Å². The lowest BCUT2D eigenvalue weighted by atomic mass is 10.3. The first-order chi connectivity index (χ1) is 11.7. The molecule has 3 rings (SSSR count). The number of carbonyl (C=O) groups is 1. The van der Waals surface area contributed by atoms with E-state index < -0.39 is 5.97 Å². The molecule has 0 aliphatic carbocycles. The predicted octanol–water partition coefficient (Wildman–Crippen LogP) is 0.605. The molecule has 2 aromatic rings. The van der Waals surface area contributed by atoms with Crippen LogP contribution in [0.25, 0.3) is 5.69 Å². The fraction of sp³-hybridized carbons (Fsp3) is 0.438. The molecule has 1 fully saturated rings. The van der Waals surface area contributed by atoms with E-state index in [2.05, 4.69) is 15.2 Å². The van der Waals surface area contributed by atoms with Gasteiger partial charge in [0.2, 0.25) is 0 Å². The number of benzene rings is 1. The third kappa shape index (κ3) is 4.53. The summed E-state index contributed by atoms with van der Waals surface area (Å²) in [5, 5.41) is 16.6. The van der Waals surface area contributed by atoms with Gasteiger partial charge in [0.25, 0.3) is 0 Å². The summed E-state index contributed by atoms with van der Waals surface area (Å²) in [4.78, 5) is 13.0. The molecular weight excluding hydrogens is 312 g/mol. The molecule has 0 atom stereocenters. The van der Waals surface area contributed by atoms with Crippen LogP contribution >= 0.6 is 0 Å². The van der Waals surface area contributed by atoms with E-state index in [1.807, 2.05) is 24.3 Å². The highest BCUT2D eigenvalue weighted by molar-refractivity contribution is 5.69. The van der Waals surface area contributed by atoms with Crippen LogP contribution in [0.3, 0.4) is 0 Å². The van der Waals surface area contributed by atoms with Crippen molar-refractivity contribution in [1.29, 1.82) is 0 Å². The molecule has 1 aromatic heterocycles. The second-order valence-electron chi connectivity index (χ2n) is 5.52. The number of aliphatic carboxylic acids is 1. The van der Waals surface area contributed by atoms with Gasteiger partial charge in [-0.3, -0.25) is 9.69 Å². The fourth-order valence-electron chi connectivity index (χ4n) is 2.49. The maximum Gasteiger partial charge on any atom is 0.309 e. The van der Waals surface area contributed by atoms with Crippen LogP contribution in [0.1, 0.15) is 5.69 Å². The van der Waals surface area contributed by atoms with Crippen molar-refractivity contribution in [2.75, 3.05) is 39.5 Å². The maximum absolute atomic E-state index is 10.7. The Labute approximate surface area is 139 Å². The molecule has 0 radical (unpaired) electrons. The zero-order chi connectivity index (χ0) is 16.8. The molecule has 128 valence electrons. The molecular formula is C16H20N4O4. The van der Waals surface area contributed by atoms with Crippen molar-refractivity contribution in [3.63, 3.8) is 0 Å². The molecule has 8 heteroatoms. The van der Waals surface area contributed by atoms with Crippen LogP contribution in [-0.4, -0.2) is 70.4 Å². The summed E-state index contributed by atoms with van der Waals surface area (Å²) in [7, 11) is 0. The van der Waals surface area contributed by atoms with E-state index >= 15 is 0 Å². The van der Waals surface area contributed by atoms with E-state index in [0.717, 1.165) is 44.3 Å². The van der Waals surface area contributed by atoms with Crippen molar-refractivity contribution in [3.05, 3.63) is 36.2 Å². The minimum Gasteiger partial charge on any atom is -0.492 e. The lowest BCUT2D eigenvalue weighted by molar-refractivity contribution is -0.136. The van der Waals surface area contributed by atoms with Gasteiger partial charge in [-0.2, -0.15) is 0 Å². The number of ether oxygens (including phenoxy) is 2. The molecule has 1 aliphatic heterocycles. The first-order valence-corrected chi connectivity index (χ1v) is 7.87. The number of carboxylic acid groups (broad SMARTS) is 1. The summed E-state index contributed by atoms with van der Waals surface area (Å²) in [6.45, 7) is 4.90. The minimum atomic E-state index is -0.928. The molecule has 0 spiro atoms. The number of morpholine rings is 1. The Morgan fingerprint density at radius 3 is 2.96 bits per heavy atom. The molecule has 1 aromatic carbocycles. The van der Waals surface area contributed by atoms with Gasteiger partial charge in [0.1, 0.15) is 12.4 Å². The van der Waals surface area contributed by atoms with Gasteiger partial charge >= 0.3 is 5.97 Å². The highest BCUT2D eigenvalue weighted by atomic mass is 16.5. The van der Waals surface area contributed by atoms with Gasteiger partial charge in [0.15, 0.2) is 0 Å². The highest BCUT2D eigenvalue weighted by Crippen LogP contribution is 2.16. The van der Waals surface area contributed by atoms with Crippen LogP contribution in [0, 0.1) is 0 Å². The third-order valence-electron chi connectivity index (χ3n) is 3.74. The number of carboxylic acids is 1. The number of rotatable bonds is 7. The SMILES string of the molecule is O=C(O)Cc1cn(-c2cccc(OCCN3CCOCC3)c2)nn1. The van der Waals surface area contributed by atoms with Crippen LogP contribution in [0.15, 0.2) is 30.5 Å². The first-order valence-electron chi connectivity index (χ1n) is 7.87. The molecule has 24 heavy (non-hydrogen) atoms. The smallest absolute Gasteiger partial charge is 0.309 e. The Morgan fingerprint density at radius 2 is 2.17 bits per heavy atom. The van der Waals surface area contributed by atoms with E-state index in [-0.39, 0.29) is 6.42 Å². The van der Waals surface area contributed by atoms with E-state index in [0.29, 0.717) is 12.3 Å². The van der Waals surface area contributed by atoms with Gasteiger partial charge in [-0.25, -0.2) is 4.68 Å². The summed E-state index contributed by atoms with van der Waals surface area (Å²) in [6, 6.07) is 7.49. The number of hydrogen-bond acceptors (Lipinski definition) is 6. The average Bonchev–Trinajstić information content (AvgIpc) is 3.04. The lowest BCUT2D eigenvalue weighted by Gasteiger charge is -2.26. The third-order valence-corrected chi connectivity index (χ3v) is 3.74. The van der Waals surface area contributed by atoms with Crippen molar-refractivity contribution in [2.45, 2.75) is 6.42 Å². The van der Waals surface area contributed by atoms with Crippen molar-refractivity contribution >= 4 is 5.97 Å². The Kier molecular flexibility index (Phi) is 5.39. The van der Waals surface area contributed by atoms with E-state index in [1.165, 1.54) is 0 Å². The van der Waals surface area contributed by atoms with Crippen molar-refractivity contribution in [2.24, 2.45) is 0 Å². The van der Waals surface area contributed by atoms with Crippen molar-refractivity contribution in [1.82, 2.24) is 19.9 Å². The molecule has 0 saturated carbocycles. The lowest BCUT2D eigenvalue weighted by Crippen LogP contribution is -2.38. The van der Waals surface area contributed by atoms with Gasteiger partial charge in [-0.05, 0) is 12.1 Å². The zero-order valence-corrected chi connectivity index (χ0v) is 13.3. The van der Waals surface area contributed by atoms with Crippen molar-refractivity contribution < 1.29 is 19.4 Å². The van der Waals surface area contributed by atoms with Gasteiger partial charge in [-0.15, -0.1) is 5.10 Å². The number of hydrogen-bond donors (Lipinski definition) is 1. The molecule has 0 bridgehead atoms. The second kappa shape index (κ2) is 7.89. The fourth-order valence-corrected chi connectivity index (χ4v) is 2.49. The van der Waals surface area contributed by atoms with Crippen LogP contribution in [0.2, 0.25) is 0 Å². The van der Waals surface area contributed by atoms with Gasteiger partial charge in [-0.1, -0.05) is 11.3 Å². The Bertz CT molecular complexity index is 682. The quantitative estimate of drug-likeness (QED) is 0.794. The summed E-state index contributed by atoms with van der Waals surface area (Å²) in [5.74, 6) is -0.182. The van der Waals surface area contributed by atoms with Crippen LogP contribution in [-0.2, 0) is 16.0 Å². The largest absolute Gasteiger partial charge is 0.492 e. The van der Waals surface area contributed by atoms with Crippen molar-refractivity contribution in [3.8, 4) is 11.4 Å². The van der Waals surface area contributed by atoms with Crippen LogP contribution < -0.4 is 4.74 Å². The van der Waals surface area contributed by atoms with E-state index in [1.54, 1.807) is 10.9 Å². The van der Waals surface area contributed by atoms with Crippen LogP contribution in [0.4, 0.5) is 0 Å². The Balaban J connectivity index is 1.57. The molecule has 1 saturated heterocycles. The van der Waals surface area contributed by atoms with E-state index in [9.17, 15) is 4.79 Å². The standard InChI is InChI=1S/C16H20N4O4/c21-16(22)10-13-12-20(18-17-13)14-2-1-3-15(11-14)24-9-6-19-4-7-23-8-5-19/h1-3,11-12H,4-10H2,(H,21,22). The Morgan fingerprint density at radius 1 is 1.33 bits per heavy atom. The molecule has 0 unspecified atom stereocenters. The predicted molar refractivity (Wildman–Crippen MR) is 85.5 cm³/mol. The molecule has 0 amide bonds. The maximum atomic E-state index is 10.7. The molecule has 8 nitrogen and oxygen atoms in total. The zero-order valence-electron chi connectivity index (χ0n) is 13.3. The molecule has 2 heterocycles. The number of aromatic nitrogens is 3.